The molecule has 2 nitrogen and oxygen atoms in total. The fourth-order valence-corrected chi connectivity index (χ4v) is 2.51. The Balaban J connectivity index is 2.81. The minimum atomic E-state index is -0.0609. The molecule has 0 fully saturated rings. The van der Waals surface area contributed by atoms with Crippen molar-refractivity contribution in [2.75, 3.05) is 6.54 Å². The summed E-state index contributed by atoms with van der Waals surface area (Å²) in [6.07, 6.45) is 0. The second-order valence-corrected chi connectivity index (χ2v) is 6.55. The minimum Gasteiger partial charge on any atom is -0.351 e. The molecule has 0 spiro atoms. The highest BCUT2D eigenvalue weighted by Crippen LogP contribution is 2.25. The zero-order valence-electron chi connectivity index (χ0n) is 9.60. The van der Waals surface area contributed by atoms with E-state index < -0.39 is 0 Å². The predicted octanol–water partition coefficient (Wildman–Crippen LogP) is 3.99. The van der Waals surface area contributed by atoms with Crippen LogP contribution in [0.4, 0.5) is 0 Å². The van der Waals surface area contributed by atoms with Crippen molar-refractivity contribution in [2.24, 2.45) is 5.41 Å². The Morgan fingerprint density at radius 1 is 1.25 bits per heavy atom. The first-order chi connectivity index (χ1) is 7.31. The highest BCUT2D eigenvalue weighted by molar-refractivity contribution is 9.11. The van der Waals surface area contributed by atoms with Crippen molar-refractivity contribution in [2.45, 2.75) is 20.8 Å². The van der Waals surface area contributed by atoms with Gasteiger partial charge >= 0.3 is 0 Å². The van der Waals surface area contributed by atoms with Crippen LogP contribution in [-0.4, -0.2) is 12.5 Å². The average molecular weight is 349 g/mol. The predicted molar refractivity (Wildman–Crippen MR) is 73.6 cm³/mol. The number of nitrogens with one attached hydrogen (secondary N) is 1. The first-order valence-corrected chi connectivity index (χ1v) is 6.62. The number of hydrogen-bond acceptors (Lipinski definition) is 1. The molecule has 0 aliphatic rings. The van der Waals surface area contributed by atoms with E-state index in [1.54, 1.807) is 0 Å². The molecule has 0 bridgehead atoms. The molecule has 0 atom stereocenters. The van der Waals surface area contributed by atoms with Gasteiger partial charge in [-0.3, -0.25) is 4.79 Å². The van der Waals surface area contributed by atoms with Gasteiger partial charge in [-0.1, -0.05) is 26.8 Å². The number of carbonyl (C=O) groups excluding carboxylic acids is 1. The summed E-state index contributed by atoms with van der Waals surface area (Å²) in [5.74, 6) is -0.0609. The summed E-state index contributed by atoms with van der Waals surface area (Å²) in [5.41, 5.74) is 0.732. The lowest BCUT2D eigenvalue weighted by molar-refractivity contribution is 0.0938. The first-order valence-electron chi connectivity index (χ1n) is 5.03. The first kappa shape index (κ1) is 13.7. The van der Waals surface area contributed by atoms with Gasteiger partial charge in [-0.25, -0.2) is 0 Å². The summed E-state index contributed by atoms with van der Waals surface area (Å²) in [4.78, 5) is 12.0. The standard InChI is InChI=1S/C12H15Br2NO/c1-12(2,3)7-15-11(16)10-8(13)5-4-6-9(10)14/h4-6H,7H2,1-3H3,(H,15,16). The van der Waals surface area contributed by atoms with Crippen LogP contribution in [0.1, 0.15) is 31.1 Å². The van der Waals surface area contributed by atoms with Crippen LogP contribution in [-0.2, 0) is 0 Å². The second-order valence-electron chi connectivity index (χ2n) is 4.84. The van der Waals surface area contributed by atoms with Crippen LogP contribution in [0.25, 0.3) is 0 Å². The molecule has 16 heavy (non-hydrogen) atoms. The molecule has 4 heteroatoms. The Morgan fingerprint density at radius 3 is 2.19 bits per heavy atom. The molecule has 88 valence electrons. The highest BCUT2D eigenvalue weighted by Gasteiger charge is 2.16. The van der Waals surface area contributed by atoms with Gasteiger partial charge < -0.3 is 5.32 Å². The van der Waals surface area contributed by atoms with E-state index in [1.165, 1.54) is 0 Å². The lowest BCUT2D eigenvalue weighted by Crippen LogP contribution is -2.32. The maximum Gasteiger partial charge on any atom is 0.253 e. The molecule has 0 saturated carbocycles. The van der Waals surface area contributed by atoms with Crippen molar-refractivity contribution in [3.63, 3.8) is 0 Å². The molecule has 1 N–H and O–H groups in total. The molecule has 0 saturated heterocycles. The molecule has 0 aliphatic carbocycles. The van der Waals surface area contributed by atoms with E-state index in [-0.39, 0.29) is 11.3 Å². The monoisotopic (exact) mass is 347 g/mol. The summed E-state index contributed by atoms with van der Waals surface area (Å²) in [5, 5.41) is 2.92. The van der Waals surface area contributed by atoms with Gasteiger partial charge in [0.1, 0.15) is 0 Å². The fourth-order valence-electron chi connectivity index (χ4n) is 1.15. The van der Waals surface area contributed by atoms with Crippen molar-refractivity contribution >= 4 is 37.8 Å². The van der Waals surface area contributed by atoms with Gasteiger partial charge in [-0.15, -0.1) is 0 Å². The van der Waals surface area contributed by atoms with Gasteiger partial charge in [0, 0.05) is 15.5 Å². The molecule has 0 aliphatic heterocycles. The zero-order valence-corrected chi connectivity index (χ0v) is 12.8. The summed E-state index contributed by atoms with van der Waals surface area (Å²) in [6, 6.07) is 5.60. The topological polar surface area (TPSA) is 29.1 Å². The molecule has 1 amide bonds. The van der Waals surface area contributed by atoms with Crippen LogP contribution < -0.4 is 5.32 Å². The van der Waals surface area contributed by atoms with E-state index in [4.69, 9.17) is 0 Å². The van der Waals surface area contributed by atoms with Gasteiger partial charge in [0.25, 0.3) is 5.91 Å². The molecular weight excluding hydrogens is 334 g/mol. The maximum absolute atomic E-state index is 12.0. The highest BCUT2D eigenvalue weighted by atomic mass is 79.9. The number of benzene rings is 1. The van der Waals surface area contributed by atoms with Gasteiger partial charge in [-0.2, -0.15) is 0 Å². The van der Waals surface area contributed by atoms with E-state index in [0.717, 1.165) is 8.95 Å². The van der Waals surface area contributed by atoms with Crippen LogP contribution in [0.2, 0.25) is 0 Å². The van der Waals surface area contributed by atoms with Gasteiger partial charge in [0.05, 0.1) is 5.56 Å². The third kappa shape index (κ3) is 3.91. The lowest BCUT2D eigenvalue weighted by Gasteiger charge is -2.19. The number of rotatable bonds is 2. The third-order valence-electron chi connectivity index (χ3n) is 1.97. The van der Waals surface area contributed by atoms with Crippen LogP contribution >= 0.6 is 31.9 Å². The Bertz CT molecular complexity index is 376. The number of hydrogen-bond donors (Lipinski definition) is 1. The van der Waals surface area contributed by atoms with Gasteiger partial charge in [-0.05, 0) is 49.4 Å². The quantitative estimate of drug-likeness (QED) is 0.860. The smallest absolute Gasteiger partial charge is 0.253 e. The largest absolute Gasteiger partial charge is 0.351 e. The van der Waals surface area contributed by atoms with E-state index in [0.29, 0.717) is 12.1 Å². The second kappa shape index (κ2) is 5.32. The number of amides is 1. The van der Waals surface area contributed by atoms with Crippen LogP contribution in [0.15, 0.2) is 27.1 Å². The van der Waals surface area contributed by atoms with Gasteiger partial charge in [0.2, 0.25) is 0 Å². The molecule has 1 aromatic carbocycles. The Hall–Kier alpha value is -0.350. The van der Waals surface area contributed by atoms with Crippen LogP contribution in [0.3, 0.4) is 0 Å². The molecule has 0 unspecified atom stereocenters. The van der Waals surface area contributed by atoms with Crippen molar-refractivity contribution < 1.29 is 4.79 Å². The summed E-state index contributed by atoms with van der Waals surface area (Å²) in [7, 11) is 0. The summed E-state index contributed by atoms with van der Waals surface area (Å²) >= 11 is 6.75. The molecule has 1 aromatic rings. The maximum atomic E-state index is 12.0. The number of carbonyl (C=O) groups is 1. The SMILES string of the molecule is CC(C)(C)CNC(=O)c1c(Br)cccc1Br. The van der Waals surface area contributed by atoms with Crippen molar-refractivity contribution in [3.05, 3.63) is 32.7 Å². The Kier molecular flexibility index (Phi) is 4.56. The number of halogens is 2. The van der Waals surface area contributed by atoms with Gasteiger partial charge in [0.15, 0.2) is 0 Å². The fraction of sp³-hybridized carbons (Fsp3) is 0.417. The molecule has 1 rings (SSSR count). The summed E-state index contributed by atoms with van der Waals surface area (Å²) in [6.45, 7) is 6.91. The molecule has 0 radical (unpaired) electrons. The molecule has 0 heterocycles. The lowest BCUT2D eigenvalue weighted by atomic mass is 9.97. The zero-order chi connectivity index (χ0) is 12.3. The van der Waals surface area contributed by atoms with E-state index in [9.17, 15) is 4.79 Å². The van der Waals surface area contributed by atoms with Crippen molar-refractivity contribution in [1.29, 1.82) is 0 Å². The van der Waals surface area contributed by atoms with E-state index in [1.807, 2.05) is 18.2 Å². The Labute approximate surface area is 113 Å². The molecule has 0 aromatic heterocycles. The van der Waals surface area contributed by atoms with Crippen LogP contribution in [0.5, 0.6) is 0 Å². The van der Waals surface area contributed by atoms with Crippen molar-refractivity contribution in [3.8, 4) is 0 Å². The van der Waals surface area contributed by atoms with Crippen LogP contribution in [0, 0.1) is 5.41 Å². The molecular formula is C12H15Br2NO. The Morgan fingerprint density at radius 2 is 1.75 bits per heavy atom. The summed E-state index contributed by atoms with van der Waals surface area (Å²) < 4.78 is 1.60. The third-order valence-corrected chi connectivity index (χ3v) is 3.29. The minimum absolute atomic E-state index is 0.0609. The normalized spacial score (nSPS) is 11.3. The van der Waals surface area contributed by atoms with Crippen molar-refractivity contribution in [1.82, 2.24) is 5.32 Å². The van der Waals surface area contributed by atoms with E-state index in [2.05, 4.69) is 57.9 Å². The van der Waals surface area contributed by atoms with E-state index >= 15 is 0 Å². The average Bonchev–Trinajstić information content (AvgIpc) is 2.13.